The predicted octanol–water partition coefficient (Wildman–Crippen LogP) is 3.35. The molecule has 1 aromatic heterocycles. The van der Waals surface area contributed by atoms with Crippen LogP contribution in [0.1, 0.15) is 37.8 Å². The number of nitrogens with zero attached hydrogens (tertiary/aromatic N) is 2. The SMILES string of the molecule is Cc1cc(SC2CCCCC2)nc(F)n1. The minimum Gasteiger partial charge on any atom is -0.208 e. The van der Waals surface area contributed by atoms with Crippen LogP contribution in [0.3, 0.4) is 0 Å². The highest BCUT2D eigenvalue weighted by Crippen LogP contribution is 2.32. The molecule has 0 unspecified atom stereocenters. The first-order valence-corrected chi connectivity index (χ1v) is 6.30. The van der Waals surface area contributed by atoms with E-state index in [1.54, 1.807) is 18.7 Å². The van der Waals surface area contributed by atoms with Crippen LogP contribution in [0.4, 0.5) is 4.39 Å². The van der Waals surface area contributed by atoms with E-state index >= 15 is 0 Å². The van der Waals surface area contributed by atoms with E-state index in [0.717, 1.165) is 5.03 Å². The van der Waals surface area contributed by atoms with Crippen LogP contribution in [0.2, 0.25) is 0 Å². The van der Waals surface area contributed by atoms with Gasteiger partial charge in [0.25, 0.3) is 0 Å². The lowest BCUT2D eigenvalue weighted by Crippen LogP contribution is -2.08. The third-order valence-electron chi connectivity index (χ3n) is 2.64. The molecule has 0 aromatic carbocycles. The van der Waals surface area contributed by atoms with Crippen LogP contribution in [-0.4, -0.2) is 15.2 Å². The molecule has 2 nitrogen and oxygen atoms in total. The summed E-state index contributed by atoms with van der Waals surface area (Å²) < 4.78 is 12.9. The molecule has 82 valence electrons. The number of halogens is 1. The summed E-state index contributed by atoms with van der Waals surface area (Å²) in [6.07, 6.45) is 5.79. The molecule has 0 bridgehead atoms. The van der Waals surface area contributed by atoms with Crippen molar-refractivity contribution in [2.45, 2.75) is 49.3 Å². The van der Waals surface area contributed by atoms with Crippen LogP contribution < -0.4 is 0 Å². The molecule has 2 rings (SSSR count). The molecule has 1 saturated carbocycles. The van der Waals surface area contributed by atoms with Crippen molar-refractivity contribution in [1.29, 1.82) is 0 Å². The van der Waals surface area contributed by atoms with Gasteiger partial charge in [0.15, 0.2) is 0 Å². The zero-order valence-corrected chi connectivity index (χ0v) is 9.69. The van der Waals surface area contributed by atoms with Gasteiger partial charge < -0.3 is 0 Å². The van der Waals surface area contributed by atoms with Gasteiger partial charge in [0, 0.05) is 10.9 Å². The van der Waals surface area contributed by atoms with Crippen LogP contribution in [0.15, 0.2) is 11.1 Å². The van der Waals surface area contributed by atoms with Crippen molar-refractivity contribution in [2.75, 3.05) is 0 Å². The van der Waals surface area contributed by atoms with Crippen LogP contribution in [-0.2, 0) is 0 Å². The highest BCUT2D eigenvalue weighted by atomic mass is 32.2. The van der Waals surface area contributed by atoms with Gasteiger partial charge in [-0.3, -0.25) is 0 Å². The minimum absolute atomic E-state index is 0.603. The minimum atomic E-state index is -0.603. The molecule has 0 N–H and O–H groups in total. The Morgan fingerprint density at radius 1 is 1.27 bits per heavy atom. The van der Waals surface area contributed by atoms with Crippen molar-refractivity contribution in [1.82, 2.24) is 9.97 Å². The molecular formula is C11H15FN2S. The van der Waals surface area contributed by atoms with Crippen molar-refractivity contribution >= 4 is 11.8 Å². The molecule has 0 spiro atoms. The van der Waals surface area contributed by atoms with Crippen molar-refractivity contribution in [2.24, 2.45) is 0 Å². The third-order valence-corrected chi connectivity index (χ3v) is 3.90. The van der Waals surface area contributed by atoms with E-state index in [1.807, 2.05) is 6.07 Å². The Hall–Kier alpha value is -0.640. The zero-order valence-electron chi connectivity index (χ0n) is 8.87. The summed E-state index contributed by atoms with van der Waals surface area (Å²) in [5, 5.41) is 1.40. The smallest absolute Gasteiger partial charge is 0.208 e. The fraction of sp³-hybridized carbons (Fsp3) is 0.636. The van der Waals surface area contributed by atoms with Crippen molar-refractivity contribution in [3.63, 3.8) is 0 Å². The average Bonchev–Trinajstić information content (AvgIpc) is 2.17. The first-order valence-electron chi connectivity index (χ1n) is 5.42. The van der Waals surface area contributed by atoms with Crippen molar-refractivity contribution in [3.05, 3.63) is 17.8 Å². The molecule has 0 aliphatic heterocycles. The first kappa shape index (κ1) is 10.9. The molecular weight excluding hydrogens is 211 g/mol. The standard InChI is InChI=1S/C11H15FN2S/c1-8-7-10(14-11(12)13-8)15-9-5-3-2-4-6-9/h7,9H,2-6H2,1H3. The molecule has 1 aromatic rings. The quantitative estimate of drug-likeness (QED) is 0.571. The summed E-state index contributed by atoms with van der Waals surface area (Å²) in [6.45, 7) is 1.80. The first-order chi connectivity index (χ1) is 7.24. The van der Waals surface area contributed by atoms with Crippen molar-refractivity contribution in [3.8, 4) is 0 Å². The maximum atomic E-state index is 12.9. The van der Waals surface area contributed by atoms with Gasteiger partial charge in [-0.25, -0.2) is 4.98 Å². The Morgan fingerprint density at radius 2 is 2.00 bits per heavy atom. The second-order valence-electron chi connectivity index (χ2n) is 3.99. The van der Waals surface area contributed by atoms with E-state index in [9.17, 15) is 4.39 Å². The number of aryl methyl sites for hydroxylation is 1. The topological polar surface area (TPSA) is 25.8 Å². The normalized spacial score (nSPS) is 18.0. The number of hydrogen-bond donors (Lipinski definition) is 0. The molecule has 4 heteroatoms. The second-order valence-corrected chi connectivity index (χ2v) is 5.32. The highest BCUT2D eigenvalue weighted by Gasteiger charge is 2.15. The number of thioether (sulfide) groups is 1. The maximum Gasteiger partial charge on any atom is 0.309 e. The fourth-order valence-electron chi connectivity index (χ4n) is 1.92. The van der Waals surface area contributed by atoms with Crippen molar-refractivity contribution < 1.29 is 4.39 Å². The molecule has 0 radical (unpaired) electrons. The Labute approximate surface area is 93.7 Å². The average molecular weight is 226 g/mol. The van der Waals surface area contributed by atoms with Gasteiger partial charge >= 0.3 is 6.08 Å². The third kappa shape index (κ3) is 3.16. The summed E-state index contributed by atoms with van der Waals surface area (Å²) in [5.74, 6) is 0. The Kier molecular flexibility index (Phi) is 3.57. The largest absolute Gasteiger partial charge is 0.309 e. The number of hydrogen-bond acceptors (Lipinski definition) is 3. The predicted molar refractivity (Wildman–Crippen MR) is 59.5 cm³/mol. The second kappa shape index (κ2) is 4.92. The number of aromatic nitrogens is 2. The van der Waals surface area contributed by atoms with Crippen LogP contribution in [0, 0.1) is 13.0 Å². The number of rotatable bonds is 2. The lowest BCUT2D eigenvalue weighted by Gasteiger charge is -2.20. The lowest BCUT2D eigenvalue weighted by molar-refractivity contribution is 0.510. The maximum absolute atomic E-state index is 12.9. The van der Waals surface area contributed by atoms with E-state index in [4.69, 9.17) is 0 Å². The molecule has 0 atom stereocenters. The van der Waals surface area contributed by atoms with E-state index in [2.05, 4.69) is 9.97 Å². The van der Waals surface area contributed by atoms with Gasteiger partial charge in [-0.1, -0.05) is 19.3 Å². The summed E-state index contributed by atoms with van der Waals surface area (Å²) in [5.41, 5.74) is 0.709. The van der Waals surface area contributed by atoms with E-state index in [0.29, 0.717) is 10.9 Å². The molecule has 1 fully saturated rings. The van der Waals surface area contributed by atoms with Gasteiger partial charge in [-0.2, -0.15) is 9.37 Å². The highest BCUT2D eigenvalue weighted by molar-refractivity contribution is 7.99. The Morgan fingerprint density at radius 3 is 2.67 bits per heavy atom. The summed E-state index contributed by atoms with van der Waals surface area (Å²) in [7, 11) is 0. The Bertz CT molecular complexity index is 317. The van der Waals surface area contributed by atoms with Crippen LogP contribution >= 0.6 is 11.8 Å². The fourth-order valence-corrected chi connectivity index (χ4v) is 3.20. The molecule has 0 amide bonds. The van der Waals surface area contributed by atoms with Gasteiger partial charge in [0.2, 0.25) is 0 Å². The monoisotopic (exact) mass is 226 g/mol. The van der Waals surface area contributed by atoms with E-state index in [1.165, 1.54) is 32.1 Å². The van der Waals surface area contributed by atoms with Gasteiger partial charge in [0.05, 0.1) is 0 Å². The van der Waals surface area contributed by atoms with Gasteiger partial charge in [-0.05, 0) is 25.8 Å². The van der Waals surface area contributed by atoms with Crippen LogP contribution in [0.25, 0.3) is 0 Å². The molecule has 0 saturated heterocycles. The zero-order chi connectivity index (χ0) is 10.7. The Balaban J connectivity index is 2.02. The summed E-state index contributed by atoms with van der Waals surface area (Å²) in [6, 6.07) is 1.86. The summed E-state index contributed by atoms with van der Waals surface area (Å²) >= 11 is 1.70. The van der Waals surface area contributed by atoms with Gasteiger partial charge in [-0.15, -0.1) is 11.8 Å². The lowest BCUT2D eigenvalue weighted by atomic mass is 10.0. The summed E-state index contributed by atoms with van der Waals surface area (Å²) in [4.78, 5) is 7.45. The van der Waals surface area contributed by atoms with Crippen LogP contribution in [0.5, 0.6) is 0 Å². The molecule has 1 heterocycles. The van der Waals surface area contributed by atoms with E-state index < -0.39 is 6.08 Å². The molecule has 1 aliphatic rings. The molecule has 1 aliphatic carbocycles. The van der Waals surface area contributed by atoms with Gasteiger partial charge in [0.1, 0.15) is 5.03 Å². The molecule has 15 heavy (non-hydrogen) atoms. The van der Waals surface area contributed by atoms with E-state index in [-0.39, 0.29) is 0 Å².